The Balaban J connectivity index is 1.03. The number of nitrogens with zero attached hydrogens (tertiary/aromatic N) is 2. The van der Waals surface area contributed by atoms with Gasteiger partial charge in [0.25, 0.3) is 0 Å². The van der Waals surface area contributed by atoms with Gasteiger partial charge in [0, 0.05) is 49.3 Å². The van der Waals surface area contributed by atoms with Gasteiger partial charge in [0.15, 0.2) is 0 Å². The molecule has 1 aromatic heterocycles. The second kappa shape index (κ2) is 14.6. The Hall–Kier alpha value is -5.64. The second-order valence-electron chi connectivity index (χ2n) is 15.2. The molecule has 1 aliphatic carbocycles. The predicted octanol–water partition coefficient (Wildman–Crippen LogP) is 15.4. The molecule has 2 nitrogen and oxygen atoms in total. The Morgan fingerprint density at radius 2 is 0.926 bits per heavy atom. The maximum atomic E-state index is 2.41. The van der Waals surface area contributed by atoms with E-state index in [4.69, 9.17) is 0 Å². The molecule has 0 spiro atoms. The van der Waals surface area contributed by atoms with Crippen molar-refractivity contribution >= 4 is 65.6 Å². The summed E-state index contributed by atoms with van der Waals surface area (Å²) in [4.78, 5) is 4.79. The molecule has 1 heterocycles. The van der Waals surface area contributed by atoms with Crippen molar-refractivity contribution in [1.29, 1.82) is 0 Å². The third-order valence-electron chi connectivity index (χ3n) is 11.6. The van der Waals surface area contributed by atoms with E-state index < -0.39 is 0 Å². The molecule has 0 N–H and O–H groups in total. The van der Waals surface area contributed by atoms with Crippen LogP contribution < -0.4 is 9.80 Å². The van der Waals surface area contributed by atoms with Crippen molar-refractivity contribution in [3.05, 3.63) is 193 Å². The maximum absolute atomic E-state index is 2.41. The first-order valence-corrected chi connectivity index (χ1v) is 20.3. The molecule has 0 radical (unpaired) electrons. The predicted molar refractivity (Wildman–Crippen MR) is 233 cm³/mol. The first-order chi connectivity index (χ1) is 26.5. The number of hydrogen-bond donors (Lipinski definition) is 0. The van der Waals surface area contributed by atoms with E-state index in [0.717, 1.165) is 17.1 Å². The van der Waals surface area contributed by atoms with Gasteiger partial charge >= 0.3 is 0 Å². The molecule has 8 aromatic rings. The van der Waals surface area contributed by atoms with Gasteiger partial charge in [0.1, 0.15) is 0 Å². The lowest BCUT2D eigenvalue weighted by Crippen LogP contribution is -2.19. The third-order valence-corrected chi connectivity index (χ3v) is 12.8. The SMILES string of the molecule is CC(C)(c1ccc(N(c2ccccc2)c2ccc(C3CCCCC3)cc2)cc1)c1ccc(N(c2ccccc2)c2cccc3c2sc2ccccc23)cc1. The minimum atomic E-state index is -0.195. The summed E-state index contributed by atoms with van der Waals surface area (Å²) in [7, 11) is 0. The standard InChI is InChI=1S/C51H46N2S/c1-51(2,39-27-33-44(34-28-39)52(41-17-8-4-9-18-41)43-31-25-38(26-32-43)37-15-6-3-7-16-37)40-29-35-45(36-30-40)53(42-19-10-5-11-20-42)48-23-14-22-47-46-21-12-13-24-49(46)54-50(47)48/h4-5,8-14,17-37H,3,6-7,15-16H2,1-2H3. The largest absolute Gasteiger partial charge is 0.311 e. The maximum Gasteiger partial charge on any atom is 0.0640 e. The minimum absolute atomic E-state index is 0.195. The van der Waals surface area contributed by atoms with Crippen molar-refractivity contribution in [3.63, 3.8) is 0 Å². The van der Waals surface area contributed by atoms with E-state index in [1.807, 2.05) is 11.3 Å². The molecule has 1 saturated carbocycles. The molecule has 0 saturated heterocycles. The van der Waals surface area contributed by atoms with Gasteiger partial charge in [-0.1, -0.05) is 136 Å². The number of fused-ring (bicyclic) bond motifs is 3. The van der Waals surface area contributed by atoms with Gasteiger partial charge in [-0.15, -0.1) is 11.3 Å². The third kappa shape index (κ3) is 6.48. The highest BCUT2D eigenvalue weighted by atomic mass is 32.1. The van der Waals surface area contributed by atoms with Crippen LogP contribution in [0.3, 0.4) is 0 Å². The Bertz CT molecular complexity index is 2480. The molecule has 0 atom stereocenters. The van der Waals surface area contributed by atoms with Gasteiger partial charge in [0.05, 0.1) is 10.4 Å². The Kier molecular flexibility index (Phi) is 9.26. The van der Waals surface area contributed by atoms with Crippen molar-refractivity contribution < 1.29 is 0 Å². The molecular weight excluding hydrogens is 673 g/mol. The van der Waals surface area contributed by atoms with Crippen LogP contribution in [0.4, 0.5) is 34.1 Å². The van der Waals surface area contributed by atoms with Crippen molar-refractivity contribution in [1.82, 2.24) is 0 Å². The highest BCUT2D eigenvalue weighted by Gasteiger charge is 2.25. The first kappa shape index (κ1) is 34.1. The molecule has 3 heteroatoms. The number of benzene rings is 7. The minimum Gasteiger partial charge on any atom is -0.311 e. The Morgan fingerprint density at radius 3 is 1.54 bits per heavy atom. The van der Waals surface area contributed by atoms with Crippen molar-refractivity contribution in [2.45, 2.75) is 57.3 Å². The summed E-state index contributed by atoms with van der Waals surface area (Å²) < 4.78 is 2.62. The average molecular weight is 719 g/mol. The number of para-hydroxylation sites is 2. The first-order valence-electron chi connectivity index (χ1n) is 19.5. The normalized spacial score (nSPS) is 13.7. The summed E-state index contributed by atoms with van der Waals surface area (Å²) in [5.41, 5.74) is 10.9. The van der Waals surface area contributed by atoms with Crippen LogP contribution in [0, 0.1) is 0 Å². The van der Waals surface area contributed by atoms with E-state index in [1.54, 1.807) is 0 Å². The van der Waals surface area contributed by atoms with E-state index in [2.05, 4.69) is 200 Å². The van der Waals surface area contributed by atoms with Crippen LogP contribution in [0.2, 0.25) is 0 Å². The summed E-state index contributed by atoms with van der Waals surface area (Å²) in [6.45, 7) is 4.67. The molecule has 54 heavy (non-hydrogen) atoms. The van der Waals surface area contributed by atoms with Crippen molar-refractivity contribution in [3.8, 4) is 0 Å². The molecule has 0 bridgehead atoms. The van der Waals surface area contributed by atoms with Crippen LogP contribution in [0.1, 0.15) is 68.6 Å². The summed E-state index contributed by atoms with van der Waals surface area (Å²) in [5.74, 6) is 0.700. The zero-order valence-electron chi connectivity index (χ0n) is 31.2. The summed E-state index contributed by atoms with van der Waals surface area (Å²) >= 11 is 1.87. The van der Waals surface area contributed by atoms with Crippen LogP contribution in [-0.4, -0.2) is 0 Å². The fourth-order valence-corrected chi connectivity index (χ4v) is 9.70. The van der Waals surface area contributed by atoms with Gasteiger partial charge in [0.2, 0.25) is 0 Å². The molecule has 7 aromatic carbocycles. The van der Waals surface area contributed by atoms with E-state index in [-0.39, 0.29) is 5.41 Å². The lowest BCUT2D eigenvalue weighted by atomic mass is 9.78. The van der Waals surface area contributed by atoms with E-state index >= 15 is 0 Å². The van der Waals surface area contributed by atoms with Gasteiger partial charge in [-0.05, 0) is 108 Å². The highest BCUT2D eigenvalue weighted by Crippen LogP contribution is 2.45. The number of hydrogen-bond acceptors (Lipinski definition) is 3. The zero-order chi connectivity index (χ0) is 36.5. The highest BCUT2D eigenvalue weighted by molar-refractivity contribution is 7.26. The van der Waals surface area contributed by atoms with Gasteiger partial charge in [-0.3, -0.25) is 0 Å². The average Bonchev–Trinajstić information content (AvgIpc) is 3.63. The zero-order valence-corrected chi connectivity index (χ0v) is 32.0. The van der Waals surface area contributed by atoms with Crippen molar-refractivity contribution in [2.75, 3.05) is 9.80 Å². The molecule has 0 unspecified atom stereocenters. The second-order valence-corrected chi connectivity index (χ2v) is 16.3. The molecule has 0 amide bonds. The topological polar surface area (TPSA) is 6.48 Å². The Morgan fingerprint density at radius 1 is 0.444 bits per heavy atom. The monoisotopic (exact) mass is 718 g/mol. The van der Waals surface area contributed by atoms with Crippen LogP contribution in [0.15, 0.2) is 176 Å². The summed E-state index contributed by atoms with van der Waals surface area (Å²) in [6.07, 6.45) is 6.72. The number of rotatable bonds is 9. The Labute approximate surface area is 324 Å². The summed E-state index contributed by atoms with van der Waals surface area (Å²) in [5, 5.41) is 2.62. The molecule has 9 rings (SSSR count). The smallest absolute Gasteiger partial charge is 0.0640 e. The van der Waals surface area contributed by atoms with Crippen LogP contribution >= 0.6 is 11.3 Å². The fraction of sp³-hybridized carbons (Fsp3) is 0.176. The molecule has 1 aliphatic rings. The fourth-order valence-electron chi connectivity index (χ4n) is 8.49. The lowest BCUT2D eigenvalue weighted by molar-refractivity contribution is 0.443. The molecular formula is C51H46N2S. The summed E-state index contributed by atoms with van der Waals surface area (Å²) in [6, 6.07) is 64.7. The van der Waals surface area contributed by atoms with E-state index in [0.29, 0.717) is 5.92 Å². The molecule has 266 valence electrons. The quantitative estimate of drug-likeness (QED) is 0.147. The van der Waals surface area contributed by atoms with E-state index in [1.165, 1.54) is 86.0 Å². The molecule has 0 aliphatic heterocycles. The van der Waals surface area contributed by atoms with Gasteiger partial charge in [-0.2, -0.15) is 0 Å². The van der Waals surface area contributed by atoms with Crippen molar-refractivity contribution in [2.24, 2.45) is 0 Å². The van der Waals surface area contributed by atoms with Crippen LogP contribution in [0.25, 0.3) is 20.2 Å². The van der Waals surface area contributed by atoms with Gasteiger partial charge < -0.3 is 9.80 Å². The lowest BCUT2D eigenvalue weighted by Gasteiger charge is -2.30. The van der Waals surface area contributed by atoms with Gasteiger partial charge in [-0.25, -0.2) is 0 Å². The molecule has 1 fully saturated rings. The van der Waals surface area contributed by atoms with Crippen LogP contribution in [-0.2, 0) is 5.41 Å². The number of thiophene rings is 1. The van der Waals surface area contributed by atoms with Crippen LogP contribution in [0.5, 0.6) is 0 Å². The number of anilines is 6. The van der Waals surface area contributed by atoms with E-state index in [9.17, 15) is 0 Å².